The fraction of sp³-hybridized carbons (Fsp3) is 0.333. The van der Waals surface area contributed by atoms with E-state index < -0.39 is 0 Å². The van der Waals surface area contributed by atoms with Gasteiger partial charge in [0.15, 0.2) is 0 Å². The van der Waals surface area contributed by atoms with E-state index in [-0.39, 0.29) is 0 Å². The second kappa shape index (κ2) is 5.74. The number of alkyl halides is 3. The average Bonchev–Trinajstić information content (AvgIpc) is 2.18. The van der Waals surface area contributed by atoms with Crippen molar-refractivity contribution < 1.29 is 0 Å². The predicted molar refractivity (Wildman–Crippen MR) is 69.3 cm³/mol. The number of benzene rings is 1. The number of hydrogen-bond acceptors (Lipinski definition) is 0. The molecule has 0 fully saturated rings. The lowest BCUT2D eigenvalue weighted by atomic mass is 10.1. The highest BCUT2D eigenvalue weighted by Gasteiger charge is 2.06. The minimum atomic E-state index is 0.798. The predicted octanol–water partition coefficient (Wildman–Crippen LogP) is 5.02. The van der Waals surface area contributed by atoms with Crippen LogP contribution in [0, 0.1) is 0 Å². The standard InChI is InChI=1S/C9H8Br3Cl/c10-3-6-1-7(4-11)9(13)8(2-6)5-12/h1-2H,3-5H2. The molecule has 1 aromatic rings. The smallest absolute Gasteiger partial charge is 0.0487 e. The van der Waals surface area contributed by atoms with E-state index in [0.717, 1.165) is 32.1 Å². The Kier molecular flexibility index (Phi) is 5.31. The summed E-state index contributed by atoms with van der Waals surface area (Å²) < 4.78 is 0. The van der Waals surface area contributed by atoms with E-state index >= 15 is 0 Å². The maximum Gasteiger partial charge on any atom is 0.0487 e. The molecule has 4 heteroatoms. The Morgan fingerprint density at radius 3 is 1.69 bits per heavy atom. The molecule has 0 aliphatic heterocycles. The van der Waals surface area contributed by atoms with E-state index in [9.17, 15) is 0 Å². The first kappa shape index (κ1) is 12.0. The second-order valence-corrected chi connectivity index (χ2v) is 4.69. The van der Waals surface area contributed by atoms with Crippen LogP contribution in [0.4, 0.5) is 0 Å². The Balaban J connectivity index is 3.20. The minimum Gasteiger partial charge on any atom is -0.0876 e. The molecule has 1 aromatic carbocycles. The molecular weight excluding hydrogens is 383 g/mol. The molecule has 0 saturated heterocycles. The highest BCUT2D eigenvalue weighted by molar-refractivity contribution is 9.09. The third kappa shape index (κ3) is 2.95. The van der Waals surface area contributed by atoms with E-state index in [0.29, 0.717) is 0 Å². The molecule has 0 amide bonds. The van der Waals surface area contributed by atoms with E-state index in [2.05, 4.69) is 59.9 Å². The van der Waals surface area contributed by atoms with Crippen LogP contribution < -0.4 is 0 Å². The molecule has 0 aliphatic rings. The highest BCUT2D eigenvalue weighted by atomic mass is 79.9. The van der Waals surface area contributed by atoms with Gasteiger partial charge in [0.1, 0.15) is 0 Å². The lowest BCUT2D eigenvalue weighted by Gasteiger charge is -2.08. The summed E-state index contributed by atoms with van der Waals surface area (Å²) in [6.07, 6.45) is 0. The summed E-state index contributed by atoms with van der Waals surface area (Å²) in [5.74, 6) is 0. The molecule has 1 rings (SSSR count). The summed E-state index contributed by atoms with van der Waals surface area (Å²) in [5.41, 5.74) is 3.55. The first-order valence-corrected chi connectivity index (χ1v) is 7.45. The molecule has 0 spiro atoms. The quantitative estimate of drug-likeness (QED) is 0.635. The van der Waals surface area contributed by atoms with E-state index in [1.54, 1.807) is 0 Å². The molecule has 0 aromatic heterocycles. The van der Waals surface area contributed by atoms with Crippen LogP contribution in [-0.2, 0) is 16.0 Å². The monoisotopic (exact) mass is 388 g/mol. The second-order valence-electron chi connectivity index (χ2n) is 2.63. The summed E-state index contributed by atoms with van der Waals surface area (Å²) in [7, 11) is 0. The zero-order valence-electron chi connectivity index (χ0n) is 6.79. The molecule has 0 aliphatic carbocycles. The van der Waals surface area contributed by atoms with Crippen LogP contribution >= 0.6 is 59.4 Å². The van der Waals surface area contributed by atoms with Crippen molar-refractivity contribution >= 4 is 59.4 Å². The highest BCUT2D eigenvalue weighted by Crippen LogP contribution is 2.27. The molecule has 0 unspecified atom stereocenters. The SMILES string of the molecule is Clc1c(CBr)cc(CBr)cc1CBr. The maximum atomic E-state index is 6.16. The first-order chi connectivity index (χ1) is 6.22. The third-order valence-corrected chi connectivity index (χ3v) is 4.07. The molecule has 0 heterocycles. The van der Waals surface area contributed by atoms with Crippen molar-refractivity contribution in [1.29, 1.82) is 0 Å². The van der Waals surface area contributed by atoms with Gasteiger partial charge in [-0.2, -0.15) is 0 Å². The van der Waals surface area contributed by atoms with Gasteiger partial charge in [0.05, 0.1) is 0 Å². The van der Waals surface area contributed by atoms with Gasteiger partial charge < -0.3 is 0 Å². The Bertz CT molecular complexity index is 274. The molecule has 72 valence electrons. The Labute approximate surface area is 108 Å². The Hall–Kier alpha value is 0.950. The fourth-order valence-electron chi connectivity index (χ4n) is 1.09. The Morgan fingerprint density at radius 1 is 0.923 bits per heavy atom. The average molecular weight is 391 g/mol. The number of rotatable bonds is 3. The van der Waals surface area contributed by atoms with Crippen LogP contribution in [0.3, 0.4) is 0 Å². The van der Waals surface area contributed by atoms with Crippen LogP contribution in [-0.4, -0.2) is 0 Å². The van der Waals surface area contributed by atoms with E-state index in [1.807, 2.05) is 0 Å². The molecular formula is C9H8Br3Cl. The van der Waals surface area contributed by atoms with Crippen LogP contribution in [0.15, 0.2) is 12.1 Å². The summed E-state index contributed by atoms with van der Waals surface area (Å²) in [5, 5.41) is 3.32. The van der Waals surface area contributed by atoms with Crippen molar-refractivity contribution in [1.82, 2.24) is 0 Å². The van der Waals surface area contributed by atoms with Crippen LogP contribution in [0.5, 0.6) is 0 Å². The van der Waals surface area contributed by atoms with Gasteiger partial charge in [0.2, 0.25) is 0 Å². The zero-order chi connectivity index (χ0) is 9.84. The molecule has 0 atom stereocenters. The summed E-state index contributed by atoms with van der Waals surface area (Å²) in [6, 6.07) is 4.22. The molecule has 13 heavy (non-hydrogen) atoms. The summed E-state index contributed by atoms with van der Waals surface area (Å²) >= 11 is 16.4. The lowest BCUT2D eigenvalue weighted by molar-refractivity contribution is 1.29. The van der Waals surface area contributed by atoms with Gasteiger partial charge in [-0.15, -0.1) is 0 Å². The van der Waals surface area contributed by atoms with Gasteiger partial charge in [-0.25, -0.2) is 0 Å². The van der Waals surface area contributed by atoms with E-state index in [1.165, 1.54) is 5.56 Å². The van der Waals surface area contributed by atoms with Crippen molar-refractivity contribution in [3.05, 3.63) is 33.8 Å². The van der Waals surface area contributed by atoms with Gasteiger partial charge >= 0.3 is 0 Å². The largest absolute Gasteiger partial charge is 0.0876 e. The lowest BCUT2D eigenvalue weighted by Crippen LogP contribution is -1.90. The van der Waals surface area contributed by atoms with Crippen LogP contribution in [0.25, 0.3) is 0 Å². The van der Waals surface area contributed by atoms with E-state index in [4.69, 9.17) is 11.6 Å². The van der Waals surface area contributed by atoms with Gasteiger partial charge in [0, 0.05) is 21.0 Å². The van der Waals surface area contributed by atoms with Crippen molar-refractivity contribution in [2.45, 2.75) is 16.0 Å². The molecule has 0 radical (unpaired) electrons. The zero-order valence-corrected chi connectivity index (χ0v) is 12.3. The van der Waals surface area contributed by atoms with Crippen LogP contribution in [0.1, 0.15) is 16.7 Å². The normalized spacial score (nSPS) is 10.5. The summed E-state index contributed by atoms with van der Waals surface area (Å²) in [4.78, 5) is 0. The molecule has 0 nitrogen and oxygen atoms in total. The van der Waals surface area contributed by atoms with Gasteiger partial charge in [0.25, 0.3) is 0 Å². The third-order valence-electron chi connectivity index (χ3n) is 1.73. The first-order valence-electron chi connectivity index (χ1n) is 3.71. The molecule has 0 saturated carbocycles. The molecule has 0 bridgehead atoms. The fourth-order valence-corrected chi connectivity index (χ4v) is 2.87. The maximum absolute atomic E-state index is 6.16. The van der Waals surface area contributed by atoms with Crippen molar-refractivity contribution in [2.24, 2.45) is 0 Å². The topological polar surface area (TPSA) is 0 Å². The Morgan fingerprint density at radius 2 is 1.38 bits per heavy atom. The van der Waals surface area contributed by atoms with Crippen molar-refractivity contribution in [3.8, 4) is 0 Å². The van der Waals surface area contributed by atoms with Crippen molar-refractivity contribution in [3.63, 3.8) is 0 Å². The van der Waals surface area contributed by atoms with Gasteiger partial charge in [-0.1, -0.05) is 71.5 Å². The van der Waals surface area contributed by atoms with Gasteiger partial charge in [-0.3, -0.25) is 0 Å². The molecule has 0 N–H and O–H groups in total. The number of halogens is 4. The van der Waals surface area contributed by atoms with Crippen molar-refractivity contribution in [2.75, 3.05) is 0 Å². The minimum absolute atomic E-state index is 0.798. The van der Waals surface area contributed by atoms with Crippen LogP contribution in [0.2, 0.25) is 5.02 Å². The number of hydrogen-bond donors (Lipinski definition) is 0. The van der Waals surface area contributed by atoms with Gasteiger partial charge in [-0.05, 0) is 16.7 Å². The summed E-state index contributed by atoms with van der Waals surface area (Å²) in [6.45, 7) is 0.